The minimum Gasteiger partial charge on any atom is -0.480 e. The van der Waals surface area contributed by atoms with Gasteiger partial charge in [-0.3, -0.25) is 15.2 Å². The Balaban J connectivity index is 3.80. The summed E-state index contributed by atoms with van der Waals surface area (Å²) in [5, 5.41) is 25.0. The van der Waals surface area contributed by atoms with Crippen LogP contribution in [0.4, 0.5) is 0 Å². The third-order valence-electron chi connectivity index (χ3n) is 1.39. The van der Waals surface area contributed by atoms with Gasteiger partial charge < -0.3 is 5.11 Å². The number of carboxylic acids is 1. The fraction of sp³-hybridized carbons (Fsp3) is 0.833. The highest BCUT2D eigenvalue weighted by Gasteiger charge is 2.22. The van der Waals surface area contributed by atoms with Crippen LogP contribution in [0.25, 0.3) is 0 Å². The van der Waals surface area contributed by atoms with Crippen molar-refractivity contribution in [3.05, 3.63) is 0 Å². The molecule has 0 aromatic rings. The Bertz CT molecular complexity index is 126. The van der Waals surface area contributed by atoms with Gasteiger partial charge >= 0.3 is 5.97 Å². The van der Waals surface area contributed by atoms with Gasteiger partial charge in [0.05, 0.1) is 0 Å². The molecule has 0 fully saturated rings. The topological polar surface area (TPSA) is 81.0 Å². The Kier molecular flexibility index (Phi) is 4.76. The van der Waals surface area contributed by atoms with Gasteiger partial charge in [-0.2, -0.15) is 0 Å². The Morgan fingerprint density at radius 2 is 2.09 bits per heavy atom. The molecule has 0 aliphatic rings. The molecule has 0 spiro atoms. The lowest BCUT2D eigenvalue weighted by Gasteiger charge is -2.14. The molecule has 0 aliphatic carbocycles. The number of rotatable bonds is 5. The molecule has 0 aromatic carbocycles. The van der Waals surface area contributed by atoms with Crippen LogP contribution in [0, 0.1) is 0 Å². The van der Waals surface area contributed by atoms with Crippen molar-refractivity contribution in [1.82, 2.24) is 5.23 Å². The summed E-state index contributed by atoms with van der Waals surface area (Å²) >= 11 is 0. The summed E-state index contributed by atoms with van der Waals surface area (Å²) in [6.45, 7) is 1.90. The maximum atomic E-state index is 10.3. The van der Waals surface area contributed by atoms with Crippen LogP contribution in [0.1, 0.15) is 26.2 Å². The van der Waals surface area contributed by atoms with E-state index in [0.29, 0.717) is 6.42 Å². The average molecular weight is 163 g/mol. The first-order valence-corrected chi connectivity index (χ1v) is 3.49. The molecule has 5 nitrogen and oxygen atoms in total. The van der Waals surface area contributed by atoms with E-state index in [-0.39, 0.29) is 11.6 Å². The maximum Gasteiger partial charge on any atom is 0.325 e. The van der Waals surface area contributed by atoms with E-state index >= 15 is 0 Å². The number of unbranched alkanes of at least 4 members (excludes halogenated alkanes) is 1. The van der Waals surface area contributed by atoms with Gasteiger partial charge in [0.1, 0.15) is 0 Å². The first-order chi connectivity index (χ1) is 5.09. The molecule has 11 heavy (non-hydrogen) atoms. The molecular formula is C6H13NO4. The molecule has 0 radical (unpaired) electrons. The summed E-state index contributed by atoms with van der Waals surface area (Å²) in [6, 6.07) is -1.20. The van der Waals surface area contributed by atoms with Crippen LogP contribution in [0.5, 0.6) is 0 Å². The first kappa shape index (κ1) is 10.3. The van der Waals surface area contributed by atoms with Crippen molar-refractivity contribution in [2.45, 2.75) is 32.2 Å². The minimum atomic E-state index is -1.22. The molecule has 3 N–H and O–H groups in total. The predicted molar refractivity (Wildman–Crippen MR) is 36.4 cm³/mol. The first-order valence-electron chi connectivity index (χ1n) is 3.49. The molecule has 0 saturated carbocycles. The highest BCUT2D eigenvalue weighted by atomic mass is 16.8. The zero-order valence-corrected chi connectivity index (χ0v) is 6.40. The Morgan fingerprint density at radius 3 is 2.36 bits per heavy atom. The second-order valence-corrected chi connectivity index (χ2v) is 2.32. The molecule has 0 heterocycles. The van der Waals surface area contributed by atoms with Crippen molar-refractivity contribution in [2.24, 2.45) is 0 Å². The van der Waals surface area contributed by atoms with Crippen LogP contribution in [-0.2, 0) is 4.79 Å². The van der Waals surface area contributed by atoms with Crippen molar-refractivity contribution in [3.8, 4) is 0 Å². The average Bonchev–Trinajstić information content (AvgIpc) is 1.87. The van der Waals surface area contributed by atoms with Gasteiger partial charge in [-0.15, -0.1) is 0 Å². The fourth-order valence-electron chi connectivity index (χ4n) is 0.735. The Hall–Kier alpha value is -0.650. The minimum absolute atomic E-state index is 0.249. The summed E-state index contributed by atoms with van der Waals surface area (Å²) in [7, 11) is 0. The largest absolute Gasteiger partial charge is 0.480 e. The number of aliphatic carboxylic acids is 1. The van der Waals surface area contributed by atoms with Crippen LogP contribution in [-0.4, -0.2) is 32.8 Å². The van der Waals surface area contributed by atoms with E-state index in [0.717, 1.165) is 6.42 Å². The van der Waals surface area contributed by atoms with E-state index in [1.165, 1.54) is 0 Å². The lowest BCUT2D eigenvalue weighted by molar-refractivity contribution is -0.328. The highest BCUT2D eigenvalue weighted by molar-refractivity contribution is 5.72. The third kappa shape index (κ3) is 3.92. The lowest BCUT2D eigenvalue weighted by Crippen LogP contribution is -2.36. The summed E-state index contributed by atoms with van der Waals surface area (Å²) < 4.78 is 0. The zero-order chi connectivity index (χ0) is 8.85. The van der Waals surface area contributed by atoms with Crippen LogP contribution in [0.3, 0.4) is 0 Å². The summed E-state index contributed by atoms with van der Waals surface area (Å²) in [4.78, 5) is 10.3. The van der Waals surface area contributed by atoms with Gasteiger partial charge in [0.2, 0.25) is 0 Å². The SMILES string of the molecule is CCCCC(C(=O)O)N(O)O. The molecule has 0 bridgehead atoms. The lowest BCUT2D eigenvalue weighted by atomic mass is 10.1. The Labute approximate surface area is 64.8 Å². The standard InChI is InChI=1S/C6H13NO4/c1-2-3-4-5(6(8)9)7(10)11/h5,10-11H,2-4H2,1H3,(H,8,9). The number of hydrogen-bond donors (Lipinski definition) is 3. The predicted octanol–water partition coefficient (Wildman–Crippen LogP) is 0.710. The quantitative estimate of drug-likeness (QED) is 0.520. The zero-order valence-electron chi connectivity index (χ0n) is 6.40. The second-order valence-electron chi connectivity index (χ2n) is 2.32. The third-order valence-corrected chi connectivity index (χ3v) is 1.39. The maximum absolute atomic E-state index is 10.3. The van der Waals surface area contributed by atoms with Gasteiger partial charge in [-0.25, -0.2) is 0 Å². The molecule has 0 aromatic heterocycles. The van der Waals surface area contributed by atoms with E-state index in [2.05, 4.69) is 0 Å². The van der Waals surface area contributed by atoms with Gasteiger partial charge in [-0.1, -0.05) is 25.0 Å². The van der Waals surface area contributed by atoms with Gasteiger partial charge in [-0.05, 0) is 6.42 Å². The summed E-state index contributed by atoms with van der Waals surface area (Å²) in [5.74, 6) is -1.22. The molecule has 0 aliphatic heterocycles. The van der Waals surface area contributed by atoms with Gasteiger partial charge in [0.25, 0.3) is 0 Å². The number of hydroxylamine groups is 2. The molecule has 66 valence electrons. The van der Waals surface area contributed by atoms with Crippen LogP contribution >= 0.6 is 0 Å². The monoisotopic (exact) mass is 163 g/mol. The molecule has 5 heteroatoms. The number of carboxylic acid groups (broad SMARTS) is 1. The number of nitrogens with zero attached hydrogens (tertiary/aromatic N) is 1. The molecule has 0 saturated heterocycles. The summed E-state index contributed by atoms with van der Waals surface area (Å²) in [6.07, 6.45) is 1.74. The van der Waals surface area contributed by atoms with Crippen molar-refractivity contribution in [1.29, 1.82) is 0 Å². The molecule has 0 rings (SSSR count). The Morgan fingerprint density at radius 1 is 1.55 bits per heavy atom. The van der Waals surface area contributed by atoms with Crippen molar-refractivity contribution < 1.29 is 20.3 Å². The van der Waals surface area contributed by atoms with E-state index in [1.54, 1.807) is 0 Å². The van der Waals surface area contributed by atoms with Crippen LogP contribution in [0.15, 0.2) is 0 Å². The molecular weight excluding hydrogens is 150 g/mol. The van der Waals surface area contributed by atoms with E-state index in [9.17, 15) is 4.79 Å². The fourth-order valence-corrected chi connectivity index (χ4v) is 0.735. The van der Waals surface area contributed by atoms with Gasteiger partial charge in [0, 0.05) is 0 Å². The molecule has 0 amide bonds. The van der Waals surface area contributed by atoms with Crippen molar-refractivity contribution in [2.75, 3.05) is 0 Å². The molecule has 1 unspecified atom stereocenters. The van der Waals surface area contributed by atoms with Gasteiger partial charge in [0.15, 0.2) is 6.04 Å². The number of hydrogen-bond acceptors (Lipinski definition) is 4. The smallest absolute Gasteiger partial charge is 0.325 e. The van der Waals surface area contributed by atoms with Crippen LogP contribution in [0.2, 0.25) is 0 Å². The van der Waals surface area contributed by atoms with Crippen molar-refractivity contribution >= 4 is 5.97 Å². The van der Waals surface area contributed by atoms with E-state index in [4.69, 9.17) is 15.5 Å². The van der Waals surface area contributed by atoms with Crippen LogP contribution < -0.4 is 0 Å². The normalized spacial score (nSPS) is 13.5. The van der Waals surface area contributed by atoms with Crippen molar-refractivity contribution in [3.63, 3.8) is 0 Å². The summed E-state index contributed by atoms with van der Waals surface area (Å²) in [5.41, 5.74) is 0. The second kappa shape index (κ2) is 5.06. The van der Waals surface area contributed by atoms with E-state index < -0.39 is 12.0 Å². The number of carbonyl (C=O) groups is 1. The molecule has 1 atom stereocenters. The highest BCUT2D eigenvalue weighted by Crippen LogP contribution is 2.04. The van der Waals surface area contributed by atoms with E-state index in [1.807, 2.05) is 6.92 Å².